The zero-order valence-corrected chi connectivity index (χ0v) is 29.4. The second kappa shape index (κ2) is 12.8. The maximum absolute atomic E-state index is 6.58. The van der Waals surface area contributed by atoms with Gasteiger partial charge in [-0.3, -0.25) is 0 Å². The Morgan fingerprint density at radius 1 is 0.400 bits per heavy atom. The average Bonchev–Trinajstić information content (AvgIpc) is 3.78. The fourth-order valence-corrected chi connectivity index (χ4v) is 7.59. The minimum atomic E-state index is 0.177. The Labute approximate surface area is 323 Å². The smallest absolute Gasteiger partial charge is 0.164 e. The Bertz CT molecular complexity index is 3070. The van der Waals surface area contributed by atoms with Gasteiger partial charge in [-0.2, -0.15) is 0 Å². The molecule has 7 aromatic carbocycles. The number of benzene rings is 7. The topological polar surface area (TPSA) is 56.7 Å². The lowest BCUT2D eigenvalue weighted by Gasteiger charge is -2.23. The van der Waals surface area contributed by atoms with Gasteiger partial charge in [0.1, 0.15) is 50.4 Å². The second-order valence-electron chi connectivity index (χ2n) is 13.5. The summed E-state index contributed by atoms with van der Waals surface area (Å²) in [5.41, 5.74) is 9.60. The van der Waals surface area contributed by atoms with E-state index in [1.165, 1.54) is 0 Å². The van der Waals surface area contributed by atoms with Crippen LogP contribution < -0.4 is 27.3 Å². The monoisotopic (exact) mass is 690 g/mol. The molecule has 0 N–H and O–H groups in total. The van der Waals surface area contributed by atoms with Gasteiger partial charge in [0.25, 0.3) is 0 Å². The first-order chi connectivity index (χ1) is 26.9. The molecule has 0 aliphatic heterocycles. The molecule has 3 aromatic heterocycles. The predicted molar refractivity (Wildman–Crippen MR) is 230 cm³/mol. The lowest BCUT2D eigenvalue weighted by atomic mass is 9.61. The highest BCUT2D eigenvalue weighted by atomic mass is 16.3. The zero-order valence-electron chi connectivity index (χ0n) is 29.4. The van der Waals surface area contributed by atoms with Crippen LogP contribution >= 0.6 is 0 Å². The van der Waals surface area contributed by atoms with Gasteiger partial charge >= 0.3 is 0 Å². The molecular weight excluding hydrogens is 667 g/mol. The van der Waals surface area contributed by atoms with Crippen LogP contribution in [0, 0.1) is 0 Å². The van der Waals surface area contributed by atoms with Crippen LogP contribution in [-0.4, -0.2) is 58.8 Å². The van der Waals surface area contributed by atoms with Gasteiger partial charge < -0.3 is 8.98 Å². The zero-order chi connectivity index (χ0) is 37.4. The van der Waals surface area contributed by atoms with E-state index in [9.17, 15) is 0 Å². The quantitative estimate of drug-likeness (QED) is 0.224. The summed E-state index contributed by atoms with van der Waals surface area (Å²) in [5.74, 6) is 1.74. The normalized spacial score (nSPS) is 11.6. The van der Waals surface area contributed by atoms with Crippen molar-refractivity contribution in [2.45, 2.75) is 0 Å². The molecule has 0 amide bonds. The molecule has 3 heterocycles. The van der Waals surface area contributed by atoms with Crippen LogP contribution in [0.4, 0.5) is 0 Å². The van der Waals surface area contributed by atoms with Crippen LogP contribution in [0.3, 0.4) is 0 Å². The SMILES string of the molecule is [B]c1c([B])c([B])c(-n2c3ccccc3c3cc(-c4ccc5oc6cccc(-c7nc(-c8ccccc8)nc(-c8ccccc8)n7)c6c5c4)ccc32)c([B])c1[B]. The Morgan fingerprint density at radius 3 is 1.62 bits per heavy atom. The van der Waals surface area contributed by atoms with Gasteiger partial charge in [0.15, 0.2) is 17.5 Å². The predicted octanol–water partition coefficient (Wildman–Crippen LogP) is 5.51. The lowest BCUT2D eigenvalue weighted by Crippen LogP contribution is -2.56. The minimum Gasteiger partial charge on any atom is -0.456 e. The van der Waals surface area contributed by atoms with Crippen molar-refractivity contribution in [3.63, 3.8) is 0 Å². The van der Waals surface area contributed by atoms with E-state index in [0.29, 0.717) is 23.2 Å². The fourth-order valence-electron chi connectivity index (χ4n) is 7.59. The molecule has 244 valence electrons. The van der Waals surface area contributed by atoms with Gasteiger partial charge in [-0.15, -0.1) is 16.4 Å². The van der Waals surface area contributed by atoms with E-state index in [-0.39, 0.29) is 27.3 Å². The van der Waals surface area contributed by atoms with Gasteiger partial charge in [-0.25, -0.2) is 15.0 Å². The van der Waals surface area contributed by atoms with Crippen molar-refractivity contribution in [2.24, 2.45) is 0 Å². The van der Waals surface area contributed by atoms with Gasteiger partial charge in [0, 0.05) is 43.9 Å². The molecule has 0 fully saturated rings. The highest BCUT2D eigenvalue weighted by Crippen LogP contribution is 2.40. The highest BCUT2D eigenvalue weighted by Gasteiger charge is 2.21. The minimum absolute atomic E-state index is 0.177. The maximum Gasteiger partial charge on any atom is 0.164 e. The Hall–Kier alpha value is -6.53. The van der Waals surface area contributed by atoms with E-state index in [1.54, 1.807) is 0 Å². The molecule has 10 radical (unpaired) electrons. The summed E-state index contributed by atoms with van der Waals surface area (Å²) >= 11 is 0. The van der Waals surface area contributed by atoms with Crippen LogP contribution in [0.5, 0.6) is 0 Å². The van der Waals surface area contributed by atoms with Crippen LogP contribution in [0.25, 0.3) is 94.7 Å². The van der Waals surface area contributed by atoms with Crippen molar-refractivity contribution in [3.8, 4) is 51.0 Å². The van der Waals surface area contributed by atoms with Gasteiger partial charge in [0.2, 0.25) is 0 Å². The number of hydrogen-bond acceptors (Lipinski definition) is 4. The Kier molecular flexibility index (Phi) is 7.70. The first-order valence-corrected chi connectivity index (χ1v) is 17.7. The van der Waals surface area contributed by atoms with E-state index < -0.39 is 0 Å². The number of nitrogens with zero attached hydrogens (tertiary/aromatic N) is 4. The number of fused-ring (bicyclic) bond motifs is 6. The van der Waals surface area contributed by atoms with Crippen LogP contribution in [0.15, 0.2) is 144 Å². The number of furan rings is 1. The van der Waals surface area contributed by atoms with E-state index in [4.69, 9.17) is 58.6 Å². The van der Waals surface area contributed by atoms with Crippen molar-refractivity contribution >= 4 is 110 Å². The van der Waals surface area contributed by atoms with Crippen molar-refractivity contribution in [1.82, 2.24) is 19.5 Å². The molecule has 0 atom stereocenters. The molecule has 0 spiro atoms. The van der Waals surface area contributed by atoms with E-state index in [1.807, 2.05) is 108 Å². The molecule has 10 aromatic rings. The van der Waals surface area contributed by atoms with E-state index in [2.05, 4.69) is 36.4 Å². The molecule has 10 rings (SSSR count). The van der Waals surface area contributed by atoms with Crippen molar-refractivity contribution in [3.05, 3.63) is 140 Å². The largest absolute Gasteiger partial charge is 0.456 e. The van der Waals surface area contributed by atoms with Crippen molar-refractivity contribution in [2.75, 3.05) is 0 Å². The standard InChI is InChI=1S/C45H23B5N4O/c46-37-38(47)40(49)42(41(50)39(37)48)54-32-16-8-7-14-28(32)30-22-26(18-20-33(30)54)27-19-21-34-31(23-27)36-29(15-9-17-35(36)55-34)45-52-43(24-10-3-1-4-11-24)51-44(53-45)25-12-5-2-6-13-25/h1-23H. The number of rotatable bonds is 5. The van der Waals surface area contributed by atoms with Gasteiger partial charge in [-0.05, 0) is 47.5 Å². The summed E-state index contributed by atoms with van der Waals surface area (Å²) in [6.07, 6.45) is 0. The Morgan fingerprint density at radius 2 is 0.945 bits per heavy atom. The maximum atomic E-state index is 6.58. The highest BCUT2D eigenvalue weighted by molar-refractivity contribution is 6.68. The third kappa shape index (κ3) is 5.27. The van der Waals surface area contributed by atoms with Crippen LogP contribution in [0.2, 0.25) is 0 Å². The second-order valence-corrected chi connectivity index (χ2v) is 13.5. The first-order valence-electron chi connectivity index (χ1n) is 17.7. The number of para-hydroxylation sites is 1. The molecule has 0 saturated heterocycles. The van der Waals surface area contributed by atoms with E-state index in [0.717, 1.165) is 71.6 Å². The molecule has 55 heavy (non-hydrogen) atoms. The molecule has 0 unspecified atom stereocenters. The Balaban J connectivity index is 1.16. The average molecular weight is 690 g/mol. The van der Waals surface area contributed by atoms with Gasteiger partial charge in [-0.1, -0.05) is 114 Å². The molecule has 0 aliphatic rings. The summed E-state index contributed by atoms with van der Waals surface area (Å²) in [6, 6.07) is 46.6. The molecular formula is C45H23B5N4O. The summed E-state index contributed by atoms with van der Waals surface area (Å²) in [6.45, 7) is 0. The summed E-state index contributed by atoms with van der Waals surface area (Å²) in [5, 5.41) is 3.89. The van der Waals surface area contributed by atoms with Crippen LogP contribution in [-0.2, 0) is 0 Å². The fraction of sp³-hybridized carbons (Fsp3) is 0. The molecule has 5 nitrogen and oxygen atoms in total. The lowest BCUT2D eigenvalue weighted by molar-refractivity contribution is 0.669. The molecule has 0 aliphatic carbocycles. The first kappa shape index (κ1) is 33.1. The summed E-state index contributed by atoms with van der Waals surface area (Å²) < 4.78 is 8.44. The van der Waals surface area contributed by atoms with E-state index >= 15 is 0 Å². The molecule has 10 heteroatoms. The van der Waals surface area contributed by atoms with Gasteiger partial charge in [0.05, 0.1) is 11.0 Å². The third-order valence-corrected chi connectivity index (χ3v) is 10.3. The summed E-state index contributed by atoms with van der Waals surface area (Å²) in [4.78, 5) is 14.9. The van der Waals surface area contributed by atoms with Crippen LogP contribution in [0.1, 0.15) is 0 Å². The number of aromatic nitrogens is 4. The molecule has 0 bridgehead atoms. The molecule has 0 saturated carbocycles. The number of hydrogen-bond donors (Lipinski definition) is 0. The van der Waals surface area contributed by atoms with Crippen molar-refractivity contribution in [1.29, 1.82) is 0 Å². The van der Waals surface area contributed by atoms with Crippen molar-refractivity contribution < 1.29 is 4.42 Å². The third-order valence-electron chi connectivity index (χ3n) is 10.3. The summed E-state index contributed by atoms with van der Waals surface area (Å²) in [7, 11) is 32.0.